The second-order valence-corrected chi connectivity index (χ2v) is 9.66. The lowest BCUT2D eigenvalue weighted by Gasteiger charge is -2.29. The summed E-state index contributed by atoms with van der Waals surface area (Å²) in [5.74, 6) is 0.622. The van der Waals surface area contributed by atoms with Crippen LogP contribution in [0.1, 0.15) is 32.2 Å². The monoisotopic (exact) mass is 451 g/mol. The van der Waals surface area contributed by atoms with Gasteiger partial charge in [-0.25, -0.2) is 14.2 Å². The first-order valence-corrected chi connectivity index (χ1v) is 11.2. The van der Waals surface area contributed by atoms with E-state index in [2.05, 4.69) is 26.5 Å². The fourth-order valence-corrected chi connectivity index (χ4v) is 4.30. The molecule has 4 heterocycles. The smallest absolute Gasteiger partial charge is 0.336 e. The predicted octanol–water partition coefficient (Wildman–Crippen LogP) is 2.85. The maximum atomic E-state index is 13.8. The molecule has 0 radical (unpaired) electrons. The van der Waals surface area contributed by atoms with E-state index in [1.54, 1.807) is 8.97 Å². The van der Waals surface area contributed by atoms with Gasteiger partial charge in [0.2, 0.25) is 0 Å². The molecule has 1 saturated heterocycles. The number of nitrogens with zero attached hydrogens (tertiary/aromatic N) is 6. The highest BCUT2D eigenvalue weighted by molar-refractivity contribution is 6.30. The molecule has 0 saturated carbocycles. The van der Waals surface area contributed by atoms with Crippen molar-refractivity contribution in [3.8, 4) is 0 Å². The van der Waals surface area contributed by atoms with Gasteiger partial charge < -0.3 is 10.2 Å². The van der Waals surface area contributed by atoms with Gasteiger partial charge in [-0.1, -0.05) is 44.5 Å². The summed E-state index contributed by atoms with van der Waals surface area (Å²) in [5, 5.41) is 12.8. The van der Waals surface area contributed by atoms with Gasteiger partial charge >= 0.3 is 5.69 Å². The Morgan fingerprint density at radius 1 is 1.09 bits per heavy atom. The molecule has 4 aromatic rings. The van der Waals surface area contributed by atoms with Gasteiger partial charge in [-0.3, -0.25) is 4.57 Å². The molecule has 0 aliphatic carbocycles. The third-order valence-corrected chi connectivity index (χ3v) is 6.10. The molecule has 1 aromatic carbocycles. The van der Waals surface area contributed by atoms with E-state index in [4.69, 9.17) is 16.6 Å². The molecule has 0 bridgehead atoms. The van der Waals surface area contributed by atoms with Crippen molar-refractivity contribution in [2.75, 3.05) is 31.1 Å². The van der Waals surface area contributed by atoms with Crippen molar-refractivity contribution in [1.29, 1.82) is 0 Å². The van der Waals surface area contributed by atoms with Crippen LogP contribution in [-0.2, 0) is 12.0 Å². The first-order chi connectivity index (χ1) is 15.3. The van der Waals surface area contributed by atoms with Crippen LogP contribution >= 0.6 is 11.6 Å². The largest absolute Gasteiger partial charge is 0.368 e. The molecule has 166 valence electrons. The Morgan fingerprint density at radius 2 is 1.81 bits per heavy atom. The lowest BCUT2D eigenvalue weighted by molar-refractivity contribution is 0.530. The maximum absolute atomic E-state index is 13.8. The van der Waals surface area contributed by atoms with Gasteiger partial charge in [0.05, 0.1) is 23.9 Å². The van der Waals surface area contributed by atoms with Crippen LogP contribution in [0.4, 0.5) is 5.69 Å². The number of nitrogens with one attached hydrogen (secondary N) is 1. The summed E-state index contributed by atoms with van der Waals surface area (Å²) >= 11 is 6.07. The molecule has 0 amide bonds. The molecular formula is C23H26ClN7O. The topological polar surface area (TPSA) is 80.3 Å². The minimum absolute atomic E-state index is 0.170. The predicted molar refractivity (Wildman–Crippen MR) is 127 cm³/mol. The number of halogens is 1. The summed E-state index contributed by atoms with van der Waals surface area (Å²) < 4.78 is 3.37. The van der Waals surface area contributed by atoms with Crippen LogP contribution in [0, 0.1) is 0 Å². The highest BCUT2D eigenvalue weighted by atomic mass is 35.5. The number of benzene rings is 1. The van der Waals surface area contributed by atoms with Gasteiger partial charge in [0.25, 0.3) is 0 Å². The SMILES string of the molecule is CC(C)(C)c1nnc2c3ncc(N4CCNCC4)cc3n(Cc3ccc(Cl)cc3)c(=O)n12. The second-order valence-electron chi connectivity index (χ2n) is 9.23. The third-order valence-electron chi connectivity index (χ3n) is 5.85. The Bertz CT molecular complexity index is 1350. The maximum Gasteiger partial charge on any atom is 0.336 e. The lowest BCUT2D eigenvalue weighted by Crippen LogP contribution is -2.43. The van der Waals surface area contributed by atoms with Crippen molar-refractivity contribution >= 4 is 34.0 Å². The van der Waals surface area contributed by atoms with Crippen LogP contribution in [0.2, 0.25) is 5.02 Å². The van der Waals surface area contributed by atoms with Gasteiger partial charge in [0.1, 0.15) is 11.3 Å². The van der Waals surface area contributed by atoms with E-state index < -0.39 is 0 Å². The van der Waals surface area contributed by atoms with Crippen LogP contribution in [0.15, 0.2) is 41.3 Å². The van der Waals surface area contributed by atoms with Gasteiger partial charge in [0, 0.05) is 36.6 Å². The molecule has 0 atom stereocenters. The Balaban J connectivity index is 1.77. The normalized spacial score (nSPS) is 15.1. The van der Waals surface area contributed by atoms with E-state index in [1.165, 1.54) is 0 Å². The summed E-state index contributed by atoms with van der Waals surface area (Å²) in [7, 11) is 0. The molecule has 1 aliphatic heterocycles. The highest BCUT2D eigenvalue weighted by Crippen LogP contribution is 2.26. The lowest BCUT2D eigenvalue weighted by atomic mass is 9.96. The number of anilines is 1. The molecule has 1 fully saturated rings. The average molecular weight is 452 g/mol. The molecule has 0 spiro atoms. The number of fused-ring (bicyclic) bond motifs is 3. The van der Waals surface area contributed by atoms with Crippen LogP contribution in [0.3, 0.4) is 0 Å². The molecule has 1 N–H and O–H groups in total. The summed E-state index contributed by atoms with van der Waals surface area (Å²) in [6.07, 6.45) is 1.87. The van der Waals surface area contributed by atoms with E-state index in [0.717, 1.165) is 42.9 Å². The zero-order valence-electron chi connectivity index (χ0n) is 18.5. The van der Waals surface area contributed by atoms with Crippen LogP contribution in [0.5, 0.6) is 0 Å². The van der Waals surface area contributed by atoms with Crippen LogP contribution in [-0.4, -0.2) is 50.3 Å². The van der Waals surface area contributed by atoms with Crippen molar-refractivity contribution < 1.29 is 0 Å². The Morgan fingerprint density at radius 3 is 2.50 bits per heavy atom. The molecule has 5 rings (SSSR count). The third kappa shape index (κ3) is 3.63. The Kier molecular flexibility index (Phi) is 5.14. The van der Waals surface area contributed by atoms with Crippen molar-refractivity contribution in [2.45, 2.75) is 32.7 Å². The summed E-state index contributed by atoms with van der Waals surface area (Å²) in [5.41, 5.74) is 3.39. The van der Waals surface area contributed by atoms with E-state index in [-0.39, 0.29) is 11.1 Å². The average Bonchev–Trinajstić information content (AvgIpc) is 3.24. The van der Waals surface area contributed by atoms with Gasteiger partial charge in [-0.05, 0) is 23.8 Å². The first-order valence-electron chi connectivity index (χ1n) is 10.8. The van der Waals surface area contributed by atoms with E-state index in [9.17, 15) is 4.79 Å². The minimum Gasteiger partial charge on any atom is -0.368 e. The standard InChI is InChI=1S/C23H26ClN7O/c1-23(2,3)21-28-27-20-19-18(12-17(13-26-19)29-10-8-25-9-11-29)30(22(32)31(20)21)14-15-4-6-16(24)7-5-15/h4-7,12-13,25H,8-11,14H2,1-3H3. The molecule has 3 aromatic heterocycles. The van der Waals surface area contributed by atoms with Gasteiger partial charge in [-0.15, -0.1) is 10.2 Å². The molecule has 8 nitrogen and oxygen atoms in total. The molecular weight excluding hydrogens is 426 g/mol. The van der Waals surface area contributed by atoms with Crippen LogP contribution in [0.25, 0.3) is 16.7 Å². The fraction of sp³-hybridized carbons (Fsp3) is 0.391. The summed E-state index contributed by atoms with van der Waals surface area (Å²) in [6.45, 7) is 10.1. The summed E-state index contributed by atoms with van der Waals surface area (Å²) in [6, 6.07) is 9.61. The summed E-state index contributed by atoms with van der Waals surface area (Å²) in [4.78, 5) is 20.9. The molecule has 0 unspecified atom stereocenters. The highest BCUT2D eigenvalue weighted by Gasteiger charge is 2.26. The van der Waals surface area contributed by atoms with Gasteiger partial charge in [-0.2, -0.15) is 0 Å². The van der Waals surface area contributed by atoms with E-state index >= 15 is 0 Å². The number of hydrogen-bond donors (Lipinski definition) is 1. The zero-order valence-corrected chi connectivity index (χ0v) is 19.2. The Hall–Kier alpha value is -2.97. The van der Waals surface area contributed by atoms with E-state index in [1.807, 2.05) is 51.2 Å². The molecule has 1 aliphatic rings. The quantitative estimate of drug-likeness (QED) is 0.516. The van der Waals surface area contributed by atoms with Crippen LogP contribution < -0.4 is 15.9 Å². The number of pyridine rings is 1. The van der Waals surface area contributed by atoms with Crippen molar-refractivity contribution in [3.05, 3.63) is 63.4 Å². The Labute approximate surface area is 190 Å². The molecule has 32 heavy (non-hydrogen) atoms. The number of aromatic nitrogens is 5. The van der Waals surface area contributed by atoms with E-state index in [0.29, 0.717) is 28.6 Å². The number of hydrogen-bond acceptors (Lipinski definition) is 6. The number of piperazine rings is 1. The van der Waals surface area contributed by atoms with Gasteiger partial charge in [0.15, 0.2) is 5.65 Å². The fourth-order valence-electron chi connectivity index (χ4n) is 4.17. The number of rotatable bonds is 3. The van der Waals surface area contributed by atoms with Crippen molar-refractivity contribution in [3.63, 3.8) is 0 Å². The molecule has 9 heteroatoms. The zero-order chi connectivity index (χ0) is 22.5. The van der Waals surface area contributed by atoms with Crippen molar-refractivity contribution in [1.82, 2.24) is 29.5 Å². The van der Waals surface area contributed by atoms with Crippen molar-refractivity contribution in [2.24, 2.45) is 0 Å². The first kappa shape index (κ1) is 20.9. The second kappa shape index (κ2) is 7.86. The minimum atomic E-state index is -0.342.